The van der Waals surface area contributed by atoms with E-state index in [1.807, 2.05) is 6.08 Å². The number of carbonyl (C=O) groups excluding carboxylic acids is 1. The van der Waals surface area contributed by atoms with Gasteiger partial charge in [0.15, 0.2) is 0 Å². The molecular weight excluding hydrogens is 298 g/mol. The van der Waals surface area contributed by atoms with Crippen LogP contribution in [0.2, 0.25) is 0 Å². The molecule has 0 aromatic rings. The van der Waals surface area contributed by atoms with Crippen LogP contribution in [0.25, 0.3) is 5.53 Å². The van der Waals surface area contributed by atoms with E-state index in [9.17, 15) is 10.3 Å². The Kier molecular flexibility index (Phi) is 6.28. The number of nitrogens with zero attached hydrogens (tertiary/aromatic N) is 3. The zero-order valence-electron chi connectivity index (χ0n) is 13.3. The van der Waals surface area contributed by atoms with Crippen LogP contribution in [0.15, 0.2) is 22.4 Å². The lowest BCUT2D eigenvalue weighted by Gasteiger charge is -2.22. The summed E-state index contributed by atoms with van der Waals surface area (Å²) in [6, 6.07) is 0. The molecule has 1 aliphatic heterocycles. The molecule has 5 nitrogen and oxygen atoms in total. The average Bonchev–Trinajstić information content (AvgIpc) is 2.96. The number of thioether (sulfide) groups is 1. The van der Waals surface area contributed by atoms with Crippen LogP contribution in [0.3, 0.4) is 0 Å². The van der Waals surface area contributed by atoms with E-state index in [1.54, 1.807) is 23.8 Å². The number of likely N-dealkylation sites (tertiary alicyclic amines) is 1. The summed E-state index contributed by atoms with van der Waals surface area (Å²) in [5.74, 6) is 1.94. The molecule has 1 heterocycles. The number of amides is 1. The second-order valence-corrected chi connectivity index (χ2v) is 6.59. The van der Waals surface area contributed by atoms with Crippen LogP contribution in [0.1, 0.15) is 45.4 Å². The molecule has 0 bridgehead atoms. The van der Waals surface area contributed by atoms with Crippen LogP contribution >= 0.6 is 11.8 Å². The molecule has 1 fully saturated rings. The maximum atomic E-state index is 12.0. The summed E-state index contributed by atoms with van der Waals surface area (Å²) >= 11 is 1.75. The van der Waals surface area contributed by atoms with E-state index in [1.165, 1.54) is 12.8 Å². The van der Waals surface area contributed by atoms with Gasteiger partial charge in [0.05, 0.1) is 7.11 Å². The third-order valence-corrected chi connectivity index (χ3v) is 5.05. The minimum Gasteiger partial charge on any atom is -0.499 e. The Morgan fingerprint density at radius 3 is 2.86 bits per heavy atom. The van der Waals surface area contributed by atoms with Crippen LogP contribution in [0.4, 0.5) is 0 Å². The molecule has 0 aromatic carbocycles. The van der Waals surface area contributed by atoms with E-state index < -0.39 is 0 Å². The van der Waals surface area contributed by atoms with Crippen molar-refractivity contribution in [2.24, 2.45) is 0 Å². The Balaban J connectivity index is 2.21. The number of hydrogen-bond acceptors (Lipinski definition) is 3. The second kappa shape index (κ2) is 8.20. The molecule has 0 radical (unpaired) electrons. The number of allylic oxidation sites excluding steroid dienone is 3. The highest BCUT2D eigenvalue weighted by Gasteiger charge is 2.34. The van der Waals surface area contributed by atoms with Gasteiger partial charge in [-0.3, -0.25) is 4.79 Å². The summed E-state index contributed by atoms with van der Waals surface area (Å²) in [7, 11) is 1.64. The quantitative estimate of drug-likeness (QED) is 0.410. The van der Waals surface area contributed by atoms with Crippen LogP contribution in [-0.4, -0.2) is 40.7 Å². The predicted octanol–water partition coefficient (Wildman–Crippen LogP) is 3.35. The van der Waals surface area contributed by atoms with Crippen molar-refractivity contribution in [2.75, 3.05) is 19.4 Å². The van der Waals surface area contributed by atoms with Crippen molar-refractivity contribution in [1.82, 2.24) is 4.90 Å². The molecule has 0 atom stereocenters. The molecule has 0 saturated carbocycles. The van der Waals surface area contributed by atoms with Crippen molar-refractivity contribution < 1.29 is 14.3 Å². The number of methoxy groups -OCH3 is 1. The lowest BCUT2D eigenvalue weighted by atomic mass is 10.1. The second-order valence-electron chi connectivity index (χ2n) is 5.45. The van der Waals surface area contributed by atoms with Gasteiger partial charge in [-0.05, 0) is 24.7 Å². The van der Waals surface area contributed by atoms with Crippen molar-refractivity contribution in [3.05, 3.63) is 28.0 Å². The number of hydrogen-bond donors (Lipinski definition) is 0. The van der Waals surface area contributed by atoms with Crippen LogP contribution in [0.5, 0.6) is 0 Å². The molecule has 6 heteroatoms. The van der Waals surface area contributed by atoms with Gasteiger partial charge >= 0.3 is 5.71 Å². The van der Waals surface area contributed by atoms with Crippen LogP contribution in [-0.2, 0) is 9.53 Å². The van der Waals surface area contributed by atoms with E-state index in [0.29, 0.717) is 25.1 Å². The number of carbonyl (C=O) groups is 1. The van der Waals surface area contributed by atoms with Crippen molar-refractivity contribution in [3.63, 3.8) is 0 Å². The molecule has 1 amide bonds. The molecule has 2 rings (SSSR count). The Hall–Kier alpha value is -1.52. The lowest BCUT2D eigenvalue weighted by Crippen LogP contribution is -2.31. The minimum atomic E-state index is 0.101. The molecular formula is C16H23N3O2S. The largest absolute Gasteiger partial charge is 0.499 e. The summed E-state index contributed by atoms with van der Waals surface area (Å²) in [6.45, 7) is 2.88. The number of unbranched alkanes of at least 4 members (excludes halogenated alkanes) is 2. The van der Waals surface area contributed by atoms with Crippen LogP contribution in [0, 0.1) is 0 Å². The summed E-state index contributed by atoms with van der Waals surface area (Å²) < 4.78 is 5.45. The van der Waals surface area contributed by atoms with Crippen molar-refractivity contribution in [1.29, 1.82) is 0 Å². The maximum Gasteiger partial charge on any atom is 0.323 e. The fourth-order valence-electron chi connectivity index (χ4n) is 2.67. The third-order valence-electron chi connectivity index (χ3n) is 3.90. The zero-order chi connectivity index (χ0) is 15.9. The number of ether oxygens (including phenoxy) is 1. The summed E-state index contributed by atoms with van der Waals surface area (Å²) in [5.41, 5.74) is 10.5. The van der Waals surface area contributed by atoms with Gasteiger partial charge < -0.3 is 15.2 Å². The standard InChI is InChI=1S/C16H23N3O2S/c1-3-4-5-9-22-15-11-13(19-8-6-7-16(19)20)12(18-17)10-14(15)21-2/h11H,3-10H2,1-2H3. The monoisotopic (exact) mass is 321 g/mol. The molecule has 22 heavy (non-hydrogen) atoms. The molecule has 0 N–H and O–H groups in total. The van der Waals surface area contributed by atoms with E-state index in [0.717, 1.165) is 35.0 Å². The molecule has 0 spiro atoms. The van der Waals surface area contributed by atoms with Gasteiger partial charge in [-0.2, -0.15) is 4.79 Å². The smallest absolute Gasteiger partial charge is 0.323 e. The van der Waals surface area contributed by atoms with E-state index >= 15 is 0 Å². The highest BCUT2D eigenvalue weighted by Crippen LogP contribution is 2.33. The van der Waals surface area contributed by atoms with Gasteiger partial charge in [-0.25, -0.2) is 0 Å². The number of rotatable bonds is 7. The first kappa shape index (κ1) is 16.8. The van der Waals surface area contributed by atoms with Crippen molar-refractivity contribution in [3.8, 4) is 0 Å². The van der Waals surface area contributed by atoms with E-state index in [-0.39, 0.29) is 5.91 Å². The fraction of sp³-hybridized carbons (Fsp3) is 0.625. The highest BCUT2D eigenvalue weighted by molar-refractivity contribution is 8.03. The summed E-state index contributed by atoms with van der Waals surface area (Å²) in [6.07, 6.45) is 7.36. The Bertz CT molecular complexity index is 548. The first-order chi connectivity index (χ1) is 10.7. The van der Waals surface area contributed by atoms with Gasteiger partial charge in [-0.15, -0.1) is 11.8 Å². The van der Waals surface area contributed by atoms with Gasteiger partial charge in [0, 0.05) is 17.9 Å². The normalized spacial score (nSPS) is 18.6. The fourth-order valence-corrected chi connectivity index (χ4v) is 3.75. The maximum absolute atomic E-state index is 12.0. The van der Waals surface area contributed by atoms with Gasteiger partial charge in [0.2, 0.25) is 5.91 Å². The van der Waals surface area contributed by atoms with Gasteiger partial charge in [-0.1, -0.05) is 19.8 Å². The lowest BCUT2D eigenvalue weighted by molar-refractivity contribution is -0.126. The van der Waals surface area contributed by atoms with Gasteiger partial charge in [0.25, 0.3) is 0 Å². The highest BCUT2D eigenvalue weighted by atomic mass is 32.2. The van der Waals surface area contributed by atoms with E-state index in [2.05, 4.69) is 11.7 Å². The first-order valence-corrected chi connectivity index (χ1v) is 8.83. The average molecular weight is 321 g/mol. The van der Waals surface area contributed by atoms with Crippen LogP contribution < -0.4 is 0 Å². The molecule has 1 saturated heterocycles. The molecule has 0 aromatic heterocycles. The Morgan fingerprint density at radius 1 is 1.45 bits per heavy atom. The van der Waals surface area contributed by atoms with E-state index in [4.69, 9.17) is 4.74 Å². The minimum absolute atomic E-state index is 0.101. The molecule has 0 unspecified atom stereocenters. The topological polar surface area (TPSA) is 65.9 Å². The Labute approximate surface area is 136 Å². The van der Waals surface area contributed by atoms with Gasteiger partial charge in [0.1, 0.15) is 17.9 Å². The van der Waals surface area contributed by atoms with Crippen molar-refractivity contribution in [2.45, 2.75) is 45.4 Å². The van der Waals surface area contributed by atoms with Crippen molar-refractivity contribution >= 4 is 23.4 Å². The zero-order valence-corrected chi connectivity index (χ0v) is 14.1. The summed E-state index contributed by atoms with van der Waals surface area (Å²) in [4.78, 5) is 18.1. The third kappa shape index (κ3) is 3.81. The SMILES string of the molecule is CCCCCSC1=C(OC)CC(=[N+]=[N-])C(N2CCCC2=O)=C1. The molecule has 120 valence electrons. The molecule has 1 aliphatic carbocycles. The first-order valence-electron chi connectivity index (χ1n) is 7.84. The summed E-state index contributed by atoms with van der Waals surface area (Å²) in [5, 5.41) is 0. The predicted molar refractivity (Wildman–Crippen MR) is 88.3 cm³/mol. The Morgan fingerprint density at radius 2 is 2.27 bits per heavy atom. The molecule has 2 aliphatic rings.